The summed E-state index contributed by atoms with van der Waals surface area (Å²) in [5, 5.41) is 1.07. The van der Waals surface area contributed by atoms with Crippen molar-refractivity contribution < 1.29 is 13.9 Å². The van der Waals surface area contributed by atoms with Crippen molar-refractivity contribution in [3.63, 3.8) is 0 Å². The van der Waals surface area contributed by atoms with Crippen LogP contribution in [-0.2, 0) is 10.8 Å². The minimum absolute atomic E-state index is 0.00907. The van der Waals surface area contributed by atoms with Crippen LogP contribution in [-0.4, -0.2) is 19.9 Å². The molecule has 4 heterocycles. The van der Waals surface area contributed by atoms with Crippen molar-refractivity contribution >= 4 is 85.3 Å². The van der Waals surface area contributed by atoms with Gasteiger partial charge in [0.1, 0.15) is 11.3 Å². The Morgan fingerprint density at radius 1 is 0.487 bits per heavy atom. The minimum atomic E-state index is -0.173. The normalized spacial score (nSPS) is 14.4. The molecule has 3 aliphatic heterocycles. The zero-order valence-corrected chi connectivity index (χ0v) is 46.0. The van der Waals surface area contributed by atoms with Crippen molar-refractivity contribution in [1.29, 1.82) is 0 Å². The lowest BCUT2D eigenvalue weighted by atomic mass is 9.33. The molecule has 0 saturated heterocycles. The highest BCUT2D eigenvalue weighted by Crippen LogP contribution is 2.52. The first-order valence-electron chi connectivity index (χ1n) is 28.2. The van der Waals surface area contributed by atoms with E-state index in [4.69, 9.17) is 13.9 Å². The standard InChI is InChI=1S/C73H60BN3O3/c1-46-36-65-71-66(37-46)77(56-39-49(38-50(40-56)68-42-48-18-13-16-25-67(48)80-68)47-26-32-58-57-23-14-15-24-59(57)73(5,6)60(58)41-47)63-43-55(75(52-19-9-7-10-20-52)53-21-11-8-12-22-53)31-33-61(63)74(71)62-44-69-70(79-35-17-34-78-69)45-64(62)76(65)54-29-27-51(28-30-54)72(2,3)4/h7-16,18-33,36-45H,17,34-35H2,1-6H3. The molecule has 0 atom stereocenters. The van der Waals surface area contributed by atoms with Crippen molar-refractivity contribution in [2.24, 2.45) is 0 Å². The van der Waals surface area contributed by atoms with Crippen molar-refractivity contribution in [3.05, 3.63) is 241 Å². The molecule has 80 heavy (non-hydrogen) atoms. The summed E-state index contributed by atoms with van der Waals surface area (Å²) in [5.41, 5.74) is 25.0. The van der Waals surface area contributed by atoms with Crippen LogP contribution in [0.5, 0.6) is 11.5 Å². The summed E-state index contributed by atoms with van der Waals surface area (Å²) in [6.07, 6.45) is 0.816. The third-order valence-corrected chi connectivity index (χ3v) is 17.1. The molecule has 0 radical (unpaired) electrons. The summed E-state index contributed by atoms with van der Waals surface area (Å²) in [5.74, 6) is 2.38. The van der Waals surface area contributed by atoms with E-state index in [1.807, 2.05) is 6.07 Å². The molecule has 1 aliphatic carbocycles. The van der Waals surface area contributed by atoms with E-state index in [0.717, 1.165) is 108 Å². The van der Waals surface area contributed by atoms with Crippen LogP contribution in [0.25, 0.3) is 44.5 Å². The number of aryl methyl sites for hydroxylation is 1. The van der Waals surface area contributed by atoms with Gasteiger partial charge < -0.3 is 28.6 Å². The Labute approximate surface area is 469 Å². The molecular weight excluding hydrogens is 978 g/mol. The maximum atomic E-state index is 6.84. The second-order valence-corrected chi connectivity index (χ2v) is 23.6. The van der Waals surface area contributed by atoms with Gasteiger partial charge in [-0.25, -0.2) is 0 Å². The Bertz CT molecular complexity index is 4200. The first kappa shape index (κ1) is 48.0. The van der Waals surface area contributed by atoms with Gasteiger partial charge in [-0.1, -0.05) is 144 Å². The first-order valence-corrected chi connectivity index (χ1v) is 28.2. The molecule has 0 saturated carbocycles. The molecule has 10 aromatic carbocycles. The van der Waals surface area contributed by atoms with Crippen LogP contribution in [0.15, 0.2) is 223 Å². The predicted molar refractivity (Wildman–Crippen MR) is 332 cm³/mol. The Balaban J connectivity index is 1.02. The molecule has 0 unspecified atom stereocenters. The Hall–Kier alpha value is -9.20. The number of rotatable bonds is 7. The average Bonchev–Trinajstić information content (AvgIpc) is 3.52. The number of nitrogens with zero attached hydrogens (tertiary/aromatic N) is 3. The zero-order chi connectivity index (χ0) is 54.0. The smallest absolute Gasteiger partial charge is 0.252 e. The van der Waals surface area contributed by atoms with Gasteiger partial charge in [-0.15, -0.1) is 0 Å². The minimum Gasteiger partial charge on any atom is -0.490 e. The topological polar surface area (TPSA) is 41.3 Å². The van der Waals surface area contributed by atoms with Gasteiger partial charge in [-0.3, -0.25) is 0 Å². The molecule has 6 nitrogen and oxygen atoms in total. The number of benzene rings is 10. The fourth-order valence-corrected chi connectivity index (χ4v) is 13.2. The highest BCUT2D eigenvalue weighted by Gasteiger charge is 2.45. The summed E-state index contributed by atoms with van der Waals surface area (Å²) in [4.78, 5) is 7.40. The largest absolute Gasteiger partial charge is 0.490 e. The Morgan fingerprint density at radius 2 is 1.12 bits per heavy atom. The molecule has 0 fully saturated rings. The molecule has 7 heteroatoms. The molecule has 0 spiro atoms. The number of para-hydroxylation sites is 3. The molecule has 0 bridgehead atoms. The average molecular weight is 1040 g/mol. The first-order chi connectivity index (χ1) is 38.9. The molecular formula is C73H60BN3O3. The van der Waals surface area contributed by atoms with E-state index in [1.54, 1.807) is 0 Å². The summed E-state index contributed by atoms with van der Waals surface area (Å²) in [7, 11) is 0. The number of anilines is 9. The fraction of sp³-hybridized carbons (Fsp3) is 0.151. The monoisotopic (exact) mass is 1040 g/mol. The van der Waals surface area contributed by atoms with E-state index in [9.17, 15) is 0 Å². The lowest BCUT2D eigenvalue weighted by Gasteiger charge is -2.45. The van der Waals surface area contributed by atoms with Gasteiger partial charge >= 0.3 is 0 Å². The maximum Gasteiger partial charge on any atom is 0.252 e. The molecule has 0 N–H and O–H groups in total. The zero-order valence-electron chi connectivity index (χ0n) is 46.0. The van der Waals surface area contributed by atoms with Crippen LogP contribution in [0, 0.1) is 6.92 Å². The highest BCUT2D eigenvalue weighted by molar-refractivity contribution is 7.00. The Kier molecular flexibility index (Phi) is 10.9. The number of hydrogen-bond acceptors (Lipinski definition) is 6. The molecule has 388 valence electrons. The summed E-state index contributed by atoms with van der Waals surface area (Å²) >= 11 is 0. The lowest BCUT2D eigenvalue weighted by molar-refractivity contribution is 0.297. The SMILES string of the molecule is Cc1cc2c3c(c1)N(c1ccc(C(C)(C)C)cc1)c1cc4c(cc1B3c1ccc(N(c3ccccc3)c3ccccc3)cc1N2c1cc(-c2ccc3c(c2)C(C)(C)c2ccccc2-3)cc(-c2cc3ccccc3o2)c1)OCCCO4. The third-order valence-electron chi connectivity index (χ3n) is 17.1. The van der Waals surface area contributed by atoms with E-state index >= 15 is 0 Å². The second-order valence-electron chi connectivity index (χ2n) is 23.6. The molecule has 1 aromatic heterocycles. The lowest BCUT2D eigenvalue weighted by Crippen LogP contribution is -2.61. The van der Waals surface area contributed by atoms with Crippen LogP contribution in [0.1, 0.15) is 63.3 Å². The van der Waals surface area contributed by atoms with Crippen LogP contribution in [0.2, 0.25) is 0 Å². The van der Waals surface area contributed by atoms with Crippen molar-refractivity contribution in [2.45, 2.75) is 58.8 Å². The van der Waals surface area contributed by atoms with Crippen LogP contribution in [0.4, 0.5) is 51.2 Å². The van der Waals surface area contributed by atoms with Crippen LogP contribution >= 0.6 is 0 Å². The number of hydrogen-bond donors (Lipinski definition) is 0. The van der Waals surface area contributed by atoms with E-state index in [-0.39, 0.29) is 17.5 Å². The summed E-state index contributed by atoms with van der Waals surface area (Å²) in [6.45, 7) is 14.8. The van der Waals surface area contributed by atoms with Gasteiger partial charge in [0.2, 0.25) is 0 Å². The quantitative estimate of drug-likeness (QED) is 0.148. The van der Waals surface area contributed by atoms with Crippen molar-refractivity contribution in [2.75, 3.05) is 27.9 Å². The van der Waals surface area contributed by atoms with E-state index in [2.05, 4.69) is 269 Å². The predicted octanol–water partition coefficient (Wildman–Crippen LogP) is 17.4. The van der Waals surface area contributed by atoms with Gasteiger partial charge in [0.25, 0.3) is 6.71 Å². The summed E-state index contributed by atoms with van der Waals surface area (Å²) in [6, 6.07) is 80.7. The van der Waals surface area contributed by atoms with Crippen molar-refractivity contribution in [1.82, 2.24) is 0 Å². The van der Waals surface area contributed by atoms with Crippen molar-refractivity contribution in [3.8, 4) is 45.1 Å². The molecule has 4 aliphatic rings. The molecule has 15 rings (SSSR count). The van der Waals surface area contributed by atoms with Crippen LogP contribution in [0.3, 0.4) is 0 Å². The van der Waals surface area contributed by atoms with Gasteiger partial charge in [0, 0.05) is 80.0 Å². The molecule has 0 amide bonds. The highest BCUT2D eigenvalue weighted by atomic mass is 16.5. The fourth-order valence-electron chi connectivity index (χ4n) is 13.2. The maximum absolute atomic E-state index is 6.84. The number of furan rings is 1. The van der Waals surface area contributed by atoms with Gasteiger partial charge in [-0.2, -0.15) is 0 Å². The number of fused-ring (bicyclic) bond motifs is 9. The Morgan fingerprint density at radius 3 is 1.85 bits per heavy atom. The van der Waals surface area contributed by atoms with Gasteiger partial charge in [-0.05, 0) is 176 Å². The van der Waals surface area contributed by atoms with E-state index in [0.29, 0.717) is 13.2 Å². The summed E-state index contributed by atoms with van der Waals surface area (Å²) < 4.78 is 20.0. The van der Waals surface area contributed by atoms with E-state index in [1.165, 1.54) is 44.2 Å². The second kappa shape index (κ2) is 18.2. The van der Waals surface area contributed by atoms with Gasteiger partial charge in [0.15, 0.2) is 11.5 Å². The number of ether oxygens (including phenoxy) is 2. The van der Waals surface area contributed by atoms with Crippen LogP contribution < -0.4 is 40.6 Å². The van der Waals surface area contributed by atoms with Gasteiger partial charge in [0.05, 0.1) is 13.2 Å². The third kappa shape index (κ3) is 7.69. The van der Waals surface area contributed by atoms with E-state index < -0.39 is 0 Å². The molecule has 11 aromatic rings.